The molecular weight excluding hydrogens is 466 g/mol. The number of H-pyrrole nitrogens is 1. The first-order chi connectivity index (χ1) is 17.7. The van der Waals surface area contributed by atoms with E-state index in [2.05, 4.69) is 27.0 Å². The Morgan fingerprint density at radius 1 is 1.27 bits per heavy atom. The van der Waals surface area contributed by atoms with E-state index in [-0.39, 0.29) is 14.9 Å². The van der Waals surface area contributed by atoms with Crippen molar-refractivity contribution in [1.82, 2.24) is 19.7 Å². The van der Waals surface area contributed by atoms with Gasteiger partial charge in [-0.3, -0.25) is 9.48 Å². The zero-order valence-corrected chi connectivity index (χ0v) is 21.6. The molecule has 1 amide bonds. The molecule has 1 fully saturated rings. The summed E-state index contributed by atoms with van der Waals surface area (Å²) in [6, 6.07) is 5.92. The molecule has 0 aliphatic heterocycles. The molecule has 3 aromatic heterocycles. The summed E-state index contributed by atoms with van der Waals surface area (Å²) in [6.07, 6.45) is 8.96. The number of nitrogens with zero attached hydrogens (tertiary/aromatic N) is 3. The molecule has 1 aromatic carbocycles. The molecule has 37 heavy (non-hydrogen) atoms. The quantitative estimate of drug-likeness (QED) is 0.218. The summed E-state index contributed by atoms with van der Waals surface area (Å²) in [7, 11) is 0. The van der Waals surface area contributed by atoms with Crippen LogP contribution in [0.4, 0.5) is 5.69 Å². The van der Waals surface area contributed by atoms with Gasteiger partial charge in [-0.1, -0.05) is 18.7 Å². The van der Waals surface area contributed by atoms with Gasteiger partial charge in [0.05, 0.1) is 23.6 Å². The Balaban J connectivity index is 0.00000210. The minimum absolute atomic E-state index is 0. The molecule has 0 radical (unpaired) electrons. The molecule has 8 heteroatoms. The van der Waals surface area contributed by atoms with E-state index in [1.54, 1.807) is 6.20 Å². The number of carbonyl (C=O) groups is 2. The van der Waals surface area contributed by atoms with Crippen LogP contribution in [-0.2, 0) is 16.1 Å². The van der Waals surface area contributed by atoms with Crippen molar-refractivity contribution in [1.29, 1.82) is 0 Å². The molecular formula is C29H35N5O3. The first kappa shape index (κ1) is 24.5. The van der Waals surface area contributed by atoms with Crippen LogP contribution in [-0.4, -0.2) is 37.7 Å². The number of hydrogen-bond donors (Lipinski definition) is 2. The Kier molecular flexibility index (Phi) is 6.41. The Bertz CT molecular complexity index is 1540. The highest BCUT2D eigenvalue weighted by Crippen LogP contribution is 2.41. The third-order valence-corrected chi connectivity index (χ3v) is 6.68. The normalized spacial score (nSPS) is 13.2. The lowest BCUT2D eigenvalue weighted by molar-refractivity contribution is -0.111. The van der Waals surface area contributed by atoms with Gasteiger partial charge in [-0.25, -0.2) is 9.78 Å². The third-order valence-electron chi connectivity index (χ3n) is 6.68. The molecule has 1 aliphatic carbocycles. The summed E-state index contributed by atoms with van der Waals surface area (Å²) < 4.78 is 7.47. The number of aromatic nitrogens is 4. The van der Waals surface area contributed by atoms with E-state index in [1.807, 2.05) is 63.0 Å². The van der Waals surface area contributed by atoms with Gasteiger partial charge in [0.15, 0.2) is 0 Å². The molecule has 1 saturated carbocycles. The van der Waals surface area contributed by atoms with Crippen LogP contribution in [0.5, 0.6) is 0 Å². The number of amides is 1. The molecule has 0 saturated heterocycles. The second kappa shape index (κ2) is 9.69. The van der Waals surface area contributed by atoms with Crippen LogP contribution >= 0.6 is 0 Å². The lowest BCUT2D eigenvalue weighted by atomic mass is 9.95. The van der Waals surface area contributed by atoms with Crippen LogP contribution in [0, 0.1) is 19.8 Å². The van der Waals surface area contributed by atoms with Gasteiger partial charge < -0.3 is 15.0 Å². The van der Waals surface area contributed by atoms with E-state index < -0.39 is 5.97 Å². The van der Waals surface area contributed by atoms with Crippen LogP contribution < -0.4 is 5.32 Å². The number of esters is 1. The summed E-state index contributed by atoms with van der Waals surface area (Å²) >= 11 is 0. The number of carbonyl (C=O) groups excluding carboxylic acids is 2. The molecule has 194 valence electrons. The maximum absolute atomic E-state index is 12.9. The number of ether oxygens (including phenoxy) is 1. The molecule has 3 heterocycles. The number of pyridine rings is 1. The van der Waals surface area contributed by atoms with Gasteiger partial charge >= 0.3 is 5.97 Å². The second-order valence-corrected chi connectivity index (χ2v) is 9.97. The predicted molar refractivity (Wildman–Crippen MR) is 149 cm³/mol. The number of aryl methyl sites for hydroxylation is 2. The number of aromatic amines is 1. The average Bonchev–Trinajstić information content (AvgIpc) is 3.40. The summed E-state index contributed by atoms with van der Waals surface area (Å²) in [6.45, 7) is 12.0. The number of hydrogen-bond acceptors (Lipinski definition) is 5. The highest BCUT2D eigenvalue weighted by Gasteiger charge is 2.25. The SMILES string of the molecule is C=CC(=O)Nc1cc(-c2c(-c3cnn(CC4CC4)c3)[nH]c3ncc(C(=O)OC(C)C)c(C)c23)ccc1C.[HH].[HH]. The van der Waals surface area contributed by atoms with Crippen molar-refractivity contribution in [3.05, 3.63) is 66.1 Å². The second-order valence-electron chi connectivity index (χ2n) is 9.97. The van der Waals surface area contributed by atoms with E-state index >= 15 is 0 Å². The van der Waals surface area contributed by atoms with Gasteiger partial charge in [-0.05, 0) is 75.3 Å². The molecule has 0 bridgehead atoms. The minimum Gasteiger partial charge on any atom is -0.459 e. The van der Waals surface area contributed by atoms with Crippen molar-refractivity contribution in [3.63, 3.8) is 0 Å². The summed E-state index contributed by atoms with van der Waals surface area (Å²) in [4.78, 5) is 33.0. The third kappa shape index (κ3) is 4.91. The summed E-state index contributed by atoms with van der Waals surface area (Å²) in [5.74, 6) is 0.00881. The monoisotopic (exact) mass is 501 g/mol. The van der Waals surface area contributed by atoms with E-state index in [0.29, 0.717) is 22.8 Å². The zero-order chi connectivity index (χ0) is 26.3. The van der Waals surface area contributed by atoms with Crippen molar-refractivity contribution < 1.29 is 17.2 Å². The van der Waals surface area contributed by atoms with Crippen LogP contribution in [0.25, 0.3) is 33.4 Å². The van der Waals surface area contributed by atoms with Crippen molar-refractivity contribution in [3.8, 4) is 22.4 Å². The maximum Gasteiger partial charge on any atom is 0.340 e. The molecule has 4 aromatic rings. The Morgan fingerprint density at radius 2 is 2.05 bits per heavy atom. The van der Waals surface area contributed by atoms with Crippen LogP contribution in [0.2, 0.25) is 0 Å². The Labute approximate surface area is 218 Å². The molecule has 0 unspecified atom stereocenters. The van der Waals surface area contributed by atoms with Crippen LogP contribution in [0.3, 0.4) is 0 Å². The zero-order valence-electron chi connectivity index (χ0n) is 21.6. The molecule has 2 N–H and O–H groups in total. The van der Waals surface area contributed by atoms with Crippen molar-refractivity contribution in [2.45, 2.75) is 53.2 Å². The maximum atomic E-state index is 12.9. The van der Waals surface area contributed by atoms with E-state index in [1.165, 1.54) is 18.9 Å². The Morgan fingerprint density at radius 3 is 2.76 bits per heavy atom. The van der Waals surface area contributed by atoms with Gasteiger partial charge in [-0.15, -0.1) is 0 Å². The van der Waals surface area contributed by atoms with Gasteiger partial charge in [0, 0.05) is 44.0 Å². The molecule has 0 spiro atoms. The number of fused-ring (bicyclic) bond motifs is 1. The van der Waals surface area contributed by atoms with E-state index in [0.717, 1.165) is 45.4 Å². The first-order valence-electron chi connectivity index (χ1n) is 12.5. The highest BCUT2D eigenvalue weighted by atomic mass is 16.5. The average molecular weight is 502 g/mol. The fraction of sp³-hybridized carbons (Fsp3) is 0.310. The summed E-state index contributed by atoms with van der Waals surface area (Å²) in [5, 5.41) is 8.32. The lowest BCUT2D eigenvalue weighted by Gasteiger charge is -2.13. The van der Waals surface area contributed by atoms with Crippen molar-refractivity contribution in [2.75, 3.05) is 5.32 Å². The lowest BCUT2D eigenvalue weighted by Crippen LogP contribution is -2.13. The molecule has 8 nitrogen and oxygen atoms in total. The number of anilines is 1. The minimum atomic E-state index is -0.407. The Hall–Kier alpha value is -4.20. The van der Waals surface area contributed by atoms with Gasteiger partial charge in [0.1, 0.15) is 5.65 Å². The fourth-order valence-electron chi connectivity index (χ4n) is 4.55. The van der Waals surface area contributed by atoms with Crippen molar-refractivity contribution >= 4 is 28.6 Å². The largest absolute Gasteiger partial charge is 0.459 e. The van der Waals surface area contributed by atoms with Crippen LogP contribution in [0.15, 0.2) is 49.4 Å². The molecule has 1 aliphatic rings. The van der Waals surface area contributed by atoms with E-state index in [9.17, 15) is 9.59 Å². The van der Waals surface area contributed by atoms with Gasteiger partial charge in [0.2, 0.25) is 5.91 Å². The topological polar surface area (TPSA) is 102 Å². The van der Waals surface area contributed by atoms with Crippen LogP contribution in [0.1, 0.15) is 51.0 Å². The number of nitrogens with one attached hydrogen (secondary N) is 2. The van der Waals surface area contributed by atoms with Gasteiger partial charge in [0.25, 0.3) is 0 Å². The molecule has 0 atom stereocenters. The highest BCUT2D eigenvalue weighted by molar-refractivity contribution is 6.08. The summed E-state index contributed by atoms with van der Waals surface area (Å²) in [5.41, 5.74) is 7.02. The predicted octanol–water partition coefficient (Wildman–Crippen LogP) is 6.30. The number of rotatable bonds is 8. The molecule has 5 rings (SSSR count). The first-order valence-corrected chi connectivity index (χ1v) is 12.5. The number of benzene rings is 1. The van der Waals surface area contributed by atoms with Crippen molar-refractivity contribution in [2.24, 2.45) is 5.92 Å². The van der Waals surface area contributed by atoms with Gasteiger partial charge in [-0.2, -0.15) is 5.10 Å². The van der Waals surface area contributed by atoms with E-state index in [4.69, 9.17) is 4.74 Å². The standard InChI is InChI=1S/C29H31N5O3.2H2/c1-6-24(35)32-23-11-20(10-7-17(23)4)26-25-18(5)22(29(36)37-16(2)3)13-30-28(25)33-27(26)21-12-31-34(15-21)14-19-8-9-19;;/h6-7,10-13,15-16,19H,1,8-9,14H2,2-5H3,(H,30,33)(H,32,35);2*1H. The fourth-order valence-corrected chi connectivity index (χ4v) is 4.55. The smallest absolute Gasteiger partial charge is 0.340 e.